The SMILES string of the molecule is COc1ccnc(N(CC2CCCCN2)C(C)C)n1. The molecule has 1 aliphatic heterocycles. The van der Waals surface area contributed by atoms with Crippen molar-refractivity contribution in [3.05, 3.63) is 12.3 Å². The van der Waals surface area contributed by atoms with Gasteiger partial charge in [-0.1, -0.05) is 6.42 Å². The number of anilines is 1. The van der Waals surface area contributed by atoms with Gasteiger partial charge >= 0.3 is 0 Å². The second-order valence-corrected chi connectivity index (χ2v) is 5.29. The van der Waals surface area contributed by atoms with Crippen LogP contribution in [0.25, 0.3) is 0 Å². The summed E-state index contributed by atoms with van der Waals surface area (Å²) in [6.07, 6.45) is 5.58. The first-order valence-electron chi connectivity index (χ1n) is 7.07. The Morgan fingerprint density at radius 3 is 2.95 bits per heavy atom. The van der Waals surface area contributed by atoms with Crippen LogP contribution in [0.3, 0.4) is 0 Å². The summed E-state index contributed by atoms with van der Waals surface area (Å²) in [7, 11) is 1.63. The maximum Gasteiger partial charge on any atom is 0.228 e. The summed E-state index contributed by atoms with van der Waals surface area (Å²) in [4.78, 5) is 11.1. The molecule has 19 heavy (non-hydrogen) atoms. The number of nitrogens with zero attached hydrogens (tertiary/aromatic N) is 3. The van der Waals surface area contributed by atoms with Gasteiger partial charge in [0.05, 0.1) is 7.11 Å². The molecular formula is C14H24N4O. The van der Waals surface area contributed by atoms with E-state index in [9.17, 15) is 0 Å². The molecule has 0 amide bonds. The molecule has 1 fully saturated rings. The van der Waals surface area contributed by atoms with Crippen LogP contribution in [-0.2, 0) is 0 Å². The first-order chi connectivity index (χ1) is 9.20. The molecule has 2 rings (SSSR count). The van der Waals surface area contributed by atoms with Crippen LogP contribution in [0.5, 0.6) is 5.88 Å². The van der Waals surface area contributed by atoms with E-state index in [1.54, 1.807) is 19.4 Å². The molecule has 0 aromatic carbocycles. The number of hydrogen-bond donors (Lipinski definition) is 1. The lowest BCUT2D eigenvalue weighted by molar-refractivity contribution is 0.385. The highest BCUT2D eigenvalue weighted by atomic mass is 16.5. The number of aromatic nitrogens is 2. The number of rotatable bonds is 5. The number of nitrogens with one attached hydrogen (secondary N) is 1. The van der Waals surface area contributed by atoms with Crippen molar-refractivity contribution in [1.82, 2.24) is 15.3 Å². The molecule has 1 aromatic heterocycles. The van der Waals surface area contributed by atoms with Crippen LogP contribution in [0.15, 0.2) is 12.3 Å². The van der Waals surface area contributed by atoms with E-state index in [4.69, 9.17) is 4.74 Å². The smallest absolute Gasteiger partial charge is 0.228 e. The van der Waals surface area contributed by atoms with Crippen molar-refractivity contribution in [1.29, 1.82) is 0 Å². The molecule has 1 saturated heterocycles. The summed E-state index contributed by atoms with van der Waals surface area (Å²) in [6.45, 7) is 6.41. The van der Waals surface area contributed by atoms with Gasteiger partial charge in [0.25, 0.3) is 0 Å². The summed E-state index contributed by atoms with van der Waals surface area (Å²) in [5, 5.41) is 3.57. The van der Waals surface area contributed by atoms with Gasteiger partial charge in [-0.3, -0.25) is 0 Å². The van der Waals surface area contributed by atoms with Crippen molar-refractivity contribution < 1.29 is 4.74 Å². The first kappa shape index (κ1) is 14.1. The summed E-state index contributed by atoms with van der Waals surface area (Å²) in [6, 6.07) is 2.68. The Morgan fingerprint density at radius 2 is 2.32 bits per heavy atom. The van der Waals surface area contributed by atoms with E-state index >= 15 is 0 Å². The molecule has 1 N–H and O–H groups in total. The van der Waals surface area contributed by atoms with Crippen LogP contribution in [0.2, 0.25) is 0 Å². The first-order valence-corrected chi connectivity index (χ1v) is 7.07. The molecule has 5 nitrogen and oxygen atoms in total. The third-order valence-corrected chi connectivity index (χ3v) is 3.54. The molecule has 1 unspecified atom stereocenters. The summed E-state index contributed by atoms with van der Waals surface area (Å²) >= 11 is 0. The zero-order valence-corrected chi connectivity index (χ0v) is 12.1. The Kier molecular flexibility index (Phi) is 4.96. The van der Waals surface area contributed by atoms with E-state index < -0.39 is 0 Å². The number of methoxy groups -OCH3 is 1. The fraction of sp³-hybridized carbons (Fsp3) is 0.714. The second kappa shape index (κ2) is 6.70. The van der Waals surface area contributed by atoms with Crippen LogP contribution in [-0.4, -0.2) is 42.3 Å². The van der Waals surface area contributed by atoms with Gasteiger partial charge in [0, 0.05) is 30.9 Å². The predicted octanol–water partition coefficient (Wildman–Crippen LogP) is 1.84. The Bertz CT molecular complexity index is 391. The predicted molar refractivity (Wildman–Crippen MR) is 76.7 cm³/mol. The highest BCUT2D eigenvalue weighted by Gasteiger charge is 2.20. The minimum atomic E-state index is 0.371. The van der Waals surface area contributed by atoms with Gasteiger partial charge in [-0.15, -0.1) is 0 Å². The zero-order valence-electron chi connectivity index (χ0n) is 12.1. The van der Waals surface area contributed by atoms with Gasteiger partial charge in [-0.05, 0) is 33.2 Å². The lowest BCUT2D eigenvalue weighted by Crippen LogP contribution is -2.46. The maximum atomic E-state index is 5.18. The van der Waals surface area contributed by atoms with Gasteiger partial charge in [-0.2, -0.15) is 4.98 Å². The Labute approximate surface area is 115 Å². The lowest BCUT2D eigenvalue weighted by atomic mass is 10.0. The van der Waals surface area contributed by atoms with E-state index in [0.29, 0.717) is 18.0 Å². The van der Waals surface area contributed by atoms with Gasteiger partial charge in [0.2, 0.25) is 11.8 Å². The van der Waals surface area contributed by atoms with Crippen LogP contribution in [0.1, 0.15) is 33.1 Å². The molecule has 0 radical (unpaired) electrons. The minimum absolute atomic E-state index is 0.371. The average Bonchev–Trinajstić information content (AvgIpc) is 2.45. The van der Waals surface area contributed by atoms with Gasteiger partial charge in [-0.25, -0.2) is 4.98 Å². The molecule has 0 spiro atoms. The van der Waals surface area contributed by atoms with Crippen molar-refractivity contribution in [3.8, 4) is 5.88 Å². The monoisotopic (exact) mass is 264 g/mol. The van der Waals surface area contributed by atoms with Gasteiger partial charge in [0.1, 0.15) is 0 Å². The van der Waals surface area contributed by atoms with E-state index in [1.165, 1.54) is 19.3 Å². The molecule has 1 aromatic rings. The normalized spacial score (nSPS) is 19.5. The summed E-state index contributed by atoms with van der Waals surface area (Å²) in [5.74, 6) is 1.37. The fourth-order valence-corrected chi connectivity index (χ4v) is 2.43. The largest absolute Gasteiger partial charge is 0.481 e. The Balaban J connectivity index is 2.09. The lowest BCUT2D eigenvalue weighted by Gasteiger charge is -2.33. The Morgan fingerprint density at radius 1 is 1.47 bits per heavy atom. The van der Waals surface area contributed by atoms with E-state index in [1.807, 2.05) is 0 Å². The molecule has 1 atom stereocenters. The highest BCUT2D eigenvalue weighted by molar-refractivity contribution is 5.33. The van der Waals surface area contributed by atoms with Crippen molar-refractivity contribution in [3.63, 3.8) is 0 Å². The quantitative estimate of drug-likeness (QED) is 0.879. The number of piperidine rings is 1. The van der Waals surface area contributed by atoms with Crippen molar-refractivity contribution in [2.45, 2.75) is 45.2 Å². The van der Waals surface area contributed by atoms with Crippen LogP contribution in [0, 0.1) is 0 Å². The van der Waals surface area contributed by atoms with Gasteiger partial charge in [0.15, 0.2) is 0 Å². The molecule has 0 bridgehead atoms. The van der Waals surface area contributed by atoms with Crippen LogP contribution < -0.4 is 15.0 Å². The number of ether oxygens (including phenoxy) is 1. The molecular weight excluding hydrogens is 240 g/mol. The third kappa shape index (κ3) is 3.80. The van der Waals surface area contributed by atoms with Crippen molar-refractivity contribution >= 4 is 5.95 Å². The fourth-order valence-electron chi connectivity index (χ4n) is 2.43. The van der Waals surface area contributed by atoms with E-state index in [0.717, 1.165) is 19.0 Å². The summed E-state index contributed by atoms with van der Waals surface area (Å²) < 4.78 is 5.18. The molecule has 0 aliphatic carbocycles. The Hall–Kier alpha value is -1.36. The summed E-state index contributed by atoms with van der Waals surface area (Å²) in [5.41, 5.74) is 0. The average molecular weight is 264 g/mol. The highest BCUT2D eigenvalue weighted by Crippen LogP contribution is 2.17. The van der Waals surface area contributed by atoms with Crippen LogP contribution in [0.4, 0.5) is 5.95 Å². The van der Waals surface area contributed by atoms with E-state index in [2.05, 4.69) is 34.0 Å². The number of hydrogen-bond acceptors (Lipinski definition) is 5. The molecule has 106 valence electrons. The van der Waals surface area contributed by atoms with Crippen LogP contribution >= 0.6 is 0 Å². The topological polar surface area (TPSA) is 50.3 Å². The molecule has 0 saturated carbocycles. The maximum absolute atomic E-state index is 5.18. The minimum Gasteiger partial charge on any atom is -0.481 e. The standard InChI is InChI=1S/C14H24N4O/c1-11(2)18(10-12-6-4-5-8-15-12)14-16-9-7-13(17-14)19-3/h7,9,11-12,15H,4-6,8,10H2,1-3H3. The van der Waals surface area contributed by atoms with Crippen molar-refractivity contribution in [2.75, 3.05) is 25.1 Å². The van der Waals surface area contributed by atoms with E-state index in [-0.39, 0.29) is 0 Å². The second-order valence-electron chi connectivity index (χ2n) is 5.29. The third-order valence-electron chi connectivity index (χ3n) is 3.54. The molecule has 5 heteroatoms. The molecule has 1 aliphatic rings. The van der Waals surface area contributed by atoms with Crippen molar-refractivity contribution in [2.24, 2.45) is 0 Å². The zero-order chi connectivity index (χ0) is 13.7. The molecule has 2 heterocycles. The van der Waals surface area contributed by atoms with Gasteiger partial charge < -0.3 is 15.0 Å².